The number of halogens is 1. The first kappa shape index (κ1) is 13.5. The van der Waals surface area contributed by atoms with Crippen LogP contribution >= 0.6 is 11.8 Å². The molecule has 1 N–H and O–H groups in total. The zero-order chi connectivity index (χ0) is 14.0. The van der Waals surface area contributed by atoms with Gasteiger partial charge in [0.15, 0.2) is 0 Å². The van der Waals surface area contributed by atoms with Gasteiger partial charge in [0, 0.05) is 5.69 Å². The zero-order valence-corrected chi connectivity index (χ0v) is 11.2. The van der Waals surface area contributed by atoms with Crippen molar-refractivity contribution in [3.05, 3.63) is 47.0 Å². The number of aromatic carboxylic acids is 1. The average molecular weight is 278 g/mol. The molecule has 0 unspecified atom stereocenters. The maximum Gasteiger partial charge on any atom is 0.338 e. The largest absolute Gasteiger partial charge is 0.478 e. The average Bonchev–Trinajstić information content (AvgIpc) is 2.30. The van der Waals surface area contributed by atoms with Gasteiger partial charge in [-0.3, -0.25) is 0 Å². The van der Waals surface area contributed by atoms with Crippen molar-refractivity contribution in [2.24, 2.45) is 0 Å². The minimum atomic E-state index is -1.03. The van der Waals surface area contributed by atoms with E-state index in [4.69, 9.17) is 0 Å². The third-order valence-corrected chi connectivity index (χ3v) is 3.37. The molecule has 0 atom stereocenters. The summed E-state index contributed by atoms with van der Waals surface area (Å²) in [5, 5.41) is 10.1. The van der Waals surface area contributed by atoms with Crippen LogP contribution in [0.4, 0.5) is 4.39 Å². The van der Waals surface area contributed by atoms with Crippen LogP contribution < -0.4 is 0 Å². The number of carboxylic acid groups (broad SMARTS) is 1. The maximum atomic E-state index is 12.8. The van der Waals surface area contributed by atoms with Crippen molar-refractivity contribution >= 4 is 17.7 Å². The summed E-state index contributed by atoms with van der Waals surface area (Å²) in [4.78, 5) is 19.4. The number of carboxylic acids is 1. The first-order valence-electron chi connectivity index (χ1n) is 5.48. The van der Waals surface area contributed by atoms with E-state index in [0.717, 1.165) is 23.7 Å². The van der Waals surface area contributed by atoms with Crippen LogP contribution in [0.3, 0.4) is 0 Å². The lowest BCUT2D eigenvalue weighted by Crippen LogP contribution is -2.05. The Hall–Kier alpha value is -1.95. The van der Waals surface area contributed by atoms with Gasteiger partial charge in [-0.2, -0.15) is 0 Å². The molecule has 0 spiro atoms. The van der Waals surface area contributed by atoms with E-state index in [9.17, 15) is 14.3 Å². The Morgan fingerprint density at radius 3 is 2.68 bits per heavy atom. The molecule has 4 nitrogen and oxygen atoms in total. The number of carbonyl (C=O) groups is 1. The van der Waals surface area contributed by atoms with Crippen molar-refractivity contribution in [2.75, 3.05) is 0 Å². The second-order valence-corrected chi connectivity index (χ2v) is 4.99. The van der Waals surface area contributed by atoms with Gasteiger partial charge in [-0.1, -0.05) is 0 Å². The van der Waals surface area contributed by atoms with Crippen LogP contribution in [0.15, 0.2) is 34.4 Å². The number of hydrogen-bond acceptors (Lipinski definition) is 4. The summed E-state index contributed by atoms with van der Waals surface area (Å²) in [6, 6.07) is 4.48. The standard InChI is InChI=1S/C13H11FN2O2S/c1-7-5-8(2)16-12(11(7)13(17)18)19-10-4-3-9(14)6-15-10/h3-6H,1-2H3,(H,17,18). The Kier molecular flexibility index (Phi) is 3.80. The van der Waals surface area contributed by atoms with E-state index < -0.39 is 11.8 Å². The molecule has 0 aliphatic carbocycles. The summed E-state index contributed by atoms with van der Waals surface area (Å²) in [6.45, 7) is 3.51. The lowest BCUT2D eigenvalue weighted by molar-refractivity contribution is 0.0691. The molecule has 0 bridgehead atoms. The van der Waals surface area contributed by atoms with Gasteiger partial charge < -0.3 is 5.11 Å². The van der Waals surface area contributed by atoms with Crippen molar-refractivity contribution in [2.45, 2.75) is 23.9 Å². The summed E-state index contributed by atoms with van der Waals surface area (Å²) >= 11 is 1.11. The highest BCUT2D eigenvalue weighted by atomic mass is 32.2. The minimum Gasteiger partial charge on any atom is -0.478 e. The molecule has 19 heavy (non-hydrogen) atoms. The van der Waals surface area contributed by atoms with E-state index in [1.54, 1.807) is 19.9 Å². The molecule has 0 amide bonds. The van der Waals surface area contributed by atoms with Crippen molar-refractivity contribution in [3.8, 4) is 0 Å². The molecular formula is C13H11FN2O2S. The van der Waals surface area contributed by atoms with Crippen LogP contribution in [-0.2, 0) is 0 Å². The molecule has 0 aromatic carbocycles. The van der Waals surface area contributed by atoms with Gasteiger partial charge in [0.1, 0.15) is 15.9 Å². The van der Waals surface area contributed by atoms with Crippen LogP contribution in [0.25, 0.3) is 0 Å². The lowest BCUT2D eigenvalue weighted by atomic mass is 10.1. The van der Waals surface area contributed by atoms with Gasteiger partial charge in [-0.05, 0) is 49.4 Å². The second kappa shape index (κ2) is 5.36. The monoisotopic (exact) mass is 278 g/mol. The molecule has 98 valence electrons. The summed E-state index contributed by atoms with van der Waals surface area (Å²) in [5.74, 6) is -1.47. The molecular weight excluding hydrogens is 267 g/mol. The number of aromatic nitrogens is 2. The van der Waals surface area contributed by atoms with E-state index in [2.05, 4.69) is 9.97 Å². The topological polar surface area (TPSA) is 63.1 Å². The second-order valence-electron chi connectivity index (χ2n) is 3.98. The normalized spacial score (nSPS) is 10.5. The van der Waals surface area contributed by atoms with Crippen molar-refractivity contribution in [1.82, 2.24) is 9.97 Å². The molecule has 2 aromatic rings. The van der Waals surface area contributed by atoms with Gasteiger partial charge in [0.25, 0.3) is 0 Å². The van der Waals surface area contributed by atoms with Gasteiger partial charge in [-0.15, -0.1) is 0 Å². The highest BCUT2D eigenvalue weighted by Crippen LogP contribution is 2.29. The Balaban J connectivity index is 2.44. The molecule has 2 rings (SSSR count). The Morgan fingerprint density at radius 2 is 2.11 bits per heavy atom. The molecule has 0 saturated heterocycles. The summed E-state index contributed by atoms with van der Waals surface area (Å²) in [7, 11) is 0. The molecule has 6 heteroatoms. The van der Waals surface area contributed by atoms with Crippen LogP contribution in [0.1, 0.15) is 21.6 Å². The molecule has 0 saturated carbocycles. The molecule has 0 aliphatic rings. The molecule has 0 radical (unpaired) electrons. The Bertz CT molecular complexity index is 629. The van der Waals surface area contributed by atoms with E-state index >= 15 is 0 Å². The summed E-state index contributed by atoms with van der Waals surface area (Å²) in [5.41, 5.74) is 1.53. The fraction of sp³-hybridized carbons (Fsp3) is 0.154. The molecule has 2 heterocycles. The minimum absolute atomic E-state index is 0.154. The number of pyridine rings is 2. The smallest absolute Gasteiger partial charge is 0.338 e. The number of nitrogens with zero attached hydrogens (tertiary/aromatic N) is 2. The predicted molar refractivity (Wildman–Crippen MR) is 69.0 cm³/mol. The van der Waals surface area contributed by atoms with E-state index in [1.807, 2.05) is 0 Å². The van der Waals surface area contributed by atoms with Crippen molar-refractivity contribution in [1.29, 1.82) is 0 Å². The summed E-state index contributed by atoms with van der Waals surface area (Å²) < 4.78 is 12.8. The van der Waals surface area contributed by atoms with Crippen LogP contribution in [0.5, 0.6) is 0 Å². The lowest BCUT2D eigenvalue weighted by Gasteiger charge is -2.08. The Morgan fingerprint density at radius 1 is 1.37 bits per heavy atom. The van der Waals surface area contributed by atoms with Gasteiger partial charge in [-0.25, -0.2) is 19.2 Å². The van der Waals surface area contributed by atoms with Crippen LogP contribution in [0, 0.1) is 19.7 Å². The highest BCUT2D eigenvalue weighted by molar-refractivity contribution is 7.99. The zero-order valence-electron chi connectivity index (χ0n) is 10.3. The first-order valence-corrected chi connectivity index (χ1v) is 6.30. The van der Waals surface area contributed by atoms with Gasteiger partial charge in [0.2, 0.25) is 0 Å². The quantitative estimate of drug-likeness (QED) is 0.934. The Labute approximate surface area is 113 Å². The maximum absolute atomic E-state index is 12.8. The molecule has 0 aliphatic heterocycles. The van der Waals surface area contributed by atoms with Crippen molar-refractivity contribution < 1.29 is 14.3 Å². The third-order valence-electron chi connectivity index (χ3n) is 2.43. The highest BCUT2D eigenvalue weighted by Gasteiger charge is 2.17. The van der Waals surface area contributed by atoms with E-state index in [1.165, 1.54) is 12.1 Å². The van der Waals surface area contributed by atoms with Gasteiger partial charge in [0.05, 0.1) is 11.8 Å². The van der Waals surface area contributed by atoms with E-state index in [-0.39, 0.29) is 5.56 Å². The van der Waals surface area contributed by atoms with E-state index in [0.29, 0.717) is 15.6 Å². The number of hydrogen-bond donors (Lipinski definition) is 1. The van der Waals surface area contributed by atoms with Crippen LogP contribution in [0.2, 0.25) is 0 Å². The number of aryl methyl sites for hydroxylation is 2. The molecule has 0 fully saturated rings. The third kappa shape index (κ3) is 3.08. The van der Waals surface area contributed by atoms with Crippen LogP contribution in [-0.4, -0.2) is 21.0 Å². The fourth-order valence-electron chi connectivity index (χ4n) is 1.66. The van der Waals surface area contributed by atoms with Crippen molar-refractivity contribution in [3.63, 3.8) is 0 Å². The SMILES string of the molecule is Cc1cc(C)c(C(=O)O)c(Sc2ccc(F)cn2)n1. The number of rotatable bonds is 3. The predicted octanol–water partition coefficient (Wildman–Crippen LogP) is 3.08. The summed E-state index contributed by atoms with van der Waals surface area (Å²) in [6.07, 6.45) is 1.09. The van der Waals surface area contributed by atoms with Gasteiger partial charge >= 0.3 is 5.97 Å². The first-order chi connectivity index (χ1) is 8.97. The molecule has 2 aromatic heterocycles. The fourth-order valence-corrected chi connectivity index (χ4v) is 2.64.